The van der Waals surface area contributed by atoms with Gasteiger partial charge in [0.1, 0.15) is 11.9 Å². The standard InChI is InChI=1S/C33H40F3N3O4.H2S/c1-18(2)10-28(39-17-22(8-9-38(6)7)19(3)13-29(39)40)33(43)37-27(16-30(41)42)25-14-23(15-26(35)32(25)36)31-20(4)11-24(34)12-21(31)5;/h11-15,17-18,27-28H,8-10,16H2,1-7H3,(H,37,43)(H,41,42);1H2/t27-,28?;/m0./s1. The monoisotopic (exact) mass is 633 g/mol. The van der Waals surface area contributed by atoms with Gasteiger partial charge in [-0.25, -0.2) is 13.2 Å². The molecule has 0 saturated heterocycles. The molecule has 3 rings (SSSR count). The summed E-state index contributed by atoms with van der Waals surface area (Å²) in [6.45, 7) is 9.57. The summed E-state index contributed by atoms with van der Waals surface area (Å²) in [5.74, 6) is -5.09. The Morgan fingerprint density at radius 1 is 0.977 bits per heavy atom. The number of pyridine rings is 1. The summed E-state index contributed by atoms with van der Waals surface area (Å²) in [6, 6.07) is 3.77. The molecule has 1 heterocycles. The minimum Gasteiger partial charge on any atom is -0.481 e. The normalized spacial score (nSPS) is 12.6. The summed E-state index contributed by atoms with van der Waals surface area (Å²) in [4.78, 5) is 40.8. The number of halogens is 3. The Morgan fingerprint density at radius 3 is 2.14 bits per heavy atom. The Morgan fingerprint density at radius 2 is 1.59 bits per heavy atom. The van der Waals surface area contributed by atoms with E-state index in [1.54, 1.807) is 20.0 Å². The molecule has 2 aromatic carbocycles. The lowest BCUT2D eigenvalue weighted by atomic mass is 9.91. The SMILES string of the molecule is Cc1cc(=O)n(C(CC(C)C)C(=O)N[C@@H](CC(=O)O)c2cc(-c3c(C)cc(F)cc3C)cc(F)c2F)cc1CCN(C)C.S. The van der Waals surface area contributed by atoms with Crippen LogP contribution in [0.3, 0.4) is 0 Å². The number of hydrogen-bond acceptors (Lipinski definition) is 4. The summed E-state index contributed by atoms with van der Waals surface area (Å²) < 4.78 is 45.6. The van der Waals surface area contributed by atoms with E-state index in [9.17, 15) is 23.9 Å². The Labute approximate surface area is 263 Å². The van der Waals surface area contributed by atoms with Gasteiger partial charge < -0.3 is 19.9 Å². The van der Waals surface area contributed by atoms with Gasteiger partial charge in [0, 0.05) is 24.4 Å². The summed E-state index contributed by atoms with van der Waals surface area (Å²) in [6.07, 6.45) is 1.79. The first-order valence-electron chi connectivity index (χ1n) is 14.2. The van der Waals surface area contributed by atoms with E-state index in [1.165, 1.54) is 28.8 Å². The number of carbonyl (C=O) groups excluding carboxylic acids is 1. The second-order valence-corrected chi connectivity index (χ2v) is 11.9. The second kappa shape index (κ2) is 15.4. The molecule has 2 atom stereocenters. The van der Waals surface area contributed by atoms with E-state index in [-0.39, 0.29) is 37.0 Å². The van der Waals surface area contributed by atoms with Crippen molar-refractivity contribution in [2.75, 3.05) is 20.6 Å². The first kappa shape index (κ1) is 36.6. The molecule has 11 heteroatoms. The fraction of sp³-hybridized carbons (Fsp3) is 0.424. The Kier molecular flexibility index (Phi) is 12.8. The lowest BCUT2D eigenvalue weighted by Gasteiger charge is -2.26. The maximum Gasteiger partial charge on any atom is 0.305 e. The average molecular weight is 634 g/mol. The Bertz CT molecular complexity index is 1550. The van der Waals surface area contributed by atoms with Gasteiger partial charge in [0.2, 0.25) is 5.91 Å². The number of aromatic nitrogens is 1. The molecule has 0 bridgehead atoms. The highest BCUT2D eigenvalue weighted by molar-refractivity contribution is 7.59. The first-order chi connectivity index (χ1) is 20.1. The average Bonchev–Trinajstić information content (AvgIpc) is 2.87. The van der Waals surface area contributed by atoms with E-state index in [1.807, 2.05) is 39.8 Å². The molecular formula is C33H42F3N3O4S. The number of carboxylic acids is 1. The van der Waals surface area contributed by atoms with Crippen LogP contribution < -0.4 is 10.9 Å². The van der Waals surface area contributed by atoms with Gasteiger partial charge in [-0.2, -0.15) is 13.5 Å². The van der Waals surface area contributed by atoms with E-state index in [4.69, 9.17) is 0 Å². The van der Waals surface area contributed by atoms with Crippen LogP contribution in [0.5, 0.6) is 0 Å². The third-order valence-electron chi connectivity index (χ3n) is 7.47. The fourth-order valence-electron chi connectivity index (χ4n) is 5.38. The van der Waals surface area contributed by atoms with Crippen molar-refractivity contribution in [2.24, 2.45) is 5.92 Å². The van der Waals surface area contributed by atoms with Crippen molar-refractivity contribution in [1.82, 2.24) is 14.8 Å². The zero-order valence-corrected chi connectivity index (χ0v) is 27.2. The quantitative estimate of drug-likeness (QED) is 0.256. The molecule has 0 aliphatic carbocycles. The van der Waals surface area contributed by atoms with Crippen LogP contribution in [0, 0.1) is 44.1 Å². The zero-order valence-electron chi connectivity index (χ0n) is 26.2. The van der Waals surface area contributed by atoms with Gasteiger partial charge in [0.15, 0.2) is 11.6 Å². The van der Waals surface area contributed by atoms with E-state index in [0.717, 1.165) is 23.7 Å². The number of likely N-dealkylation sites (N-methyl/N-ethyl adjacent to an activating group) is 1. The van der Waals surface area contributed by atoms with Crippen molar-refractivity contribution in [3.63, 3.8) is 0 Å². The number of hydrogen-bond donors (Lipinski definition) is 2. The van der Waals surface area contributed by atoms with Crippen molar-refractivity contribution in [3.8, 4) is 11.1 Å². The van der Waals surface area contributed by atoms with Gasteiger partial charge in [-0.1, -0.05) is 13.8 Å². The number of aliphatic carboxylic acids is 1. The topological polar surface area (TPSA) is 91.6 Å². The summed E-state index contributed by atoms with van der Waals surface area (Å²) in [7, 11) is 3.86. The van der Waals surface area contributed by atoms with Crippen LogP contribution in [-0.4, -0.2) is 47.1 Å². The van der Waals surface area contributed by atoms with Crippen molar-refractivity contribution < 1.29 is 27.9 Å². The maximum atomic E-state index is 15.3. The van der Waals surface area contributed by atoms with Crippen LogP contribution >= 0.6 is 13.5 Å². The molecule has 0 fully saturated rings. The van der Waals surface area contributed by atoms with Crippen LogP contribution in [0.25, 0.3) is 11.1 Å². The van der Waals surface area contributed by atoms with Gasteiger partial charge in [-0.15, -0.1) is 0 Å². The molecule has 1 amide bonds. The van der Waals surface area contributed by atoms with Crippen molar-refractivity contribution in [2.45, 2.75) is 66.0 Å². The fourth-order valence-corrected chi connectivity index (χ4v) is 5.38. The molecule has 0 radical (unpaired) electrons. The van der Waals surface area contributed by atoms with Gasteiger partial charge in [-0.05, 0) is 111 Å². The molecule has 3 aromatic rings. The highest BCUT2D eigenvalue weighted by atomic mass is 32.1. The number of carboxylic acid groups (broad SMARTS) is 1. The molecule has 2 N–H and O–H groups in total. The Hall–Kier alpha value is -3.57. The molecule has 0 spiro atoms. The number of nitrogens with one attached hydrogen (secondary N) is 1. The number of rotatable bonds is 12. The van der Waals surface area contributed by atoms with Crippen LogP contribution in [-0.2, 0) is 16.0 Å². The van der Waals surface area contributed by atoms with Crippen molar-refractivity contribution >= 4 is 25.4 Å². The largest absolute Gasteiger partial charge is 0.481 e. The van der Waals surface area contributed by atoms with Crippen LogP contribution in [0.1, 0.15) is 66.6 Å². The Balaban J connectivity index is 0.00000675. The third-order valence-corrected chi connectivity index (χ3v) is 7.47. The summed E-state index contributed by atoms with van der Waals surface area (Å²) in [5.41, 5.74) is 2.55. The lowest BCUT2D eigenvalue weighted by molar-refractivity contribution is -0.138. The zero-order chi connectivity index (χ0) is 32.2. The number of nitrogens with zero attached hydrogens (tertiary/aromatic N) is 2. The van der Waals surface area contributed by atoms with Crippen molar-refractivity contribution in [1.29, 1.82) is 0 Å². The molecule has 1 aromatic heterocycles. The number of aryl methyl sites for hydroxylation is 3. The lowest BCUT2D eigenvalue weighted by Crippen LogP contribution is -2.40. The van der Waals surface area contributed by atoms with E-state index < -0.39 is 53.4 Å². The predicted octanol–water partition coefficient (Wildman–Crippen LogP) is 5.99. The maximum absolute atomic E-state index is 15.3. The van der Waals surface area contributed by atoms with Gasteiger partial charge >= 0.3 is 5.97 Å². The minimum absolute atomic E-state index is 0. The molecule has 7 nitrogen and oxygen atoms in total. The smallest absolute Gasteiger partial charge is 0.305 e. The molecule has 1 unspecified atom stereocenters. The molecule has 240 valence electrons. The molecule has 44 heavy (non-hydrogen) atoms. The number of benzene rings is 2. The minimum atomic E-state index is -1.45. The van der Waals surface area contributed by atoms with Crippen molar-refractivity contribution in [3.05, 3.63) is 92.2 Å². The van der Waals surface area contributed by atoms with Gasteiger partial charge in [0.25, 0.3) is 5.56 Å². The van der Waals surface area contributed by atoms with E-state index >= 15 is 8.78 Å². The highest BCUT2D eigenvalue weighted by Crippen LogP contribution is 2.34. The number of amides is 1. The highest BCUT2D eigenvalue weighted by Gasteiger charge is 2.30. The summed E-state index contributed by atoms with van der Waals surface area (Å²) in [5, 5.41) is 12.3. The summed E-state index contributed by atoms with van der Waals surface area (Å²) >= 11 is 0. The van der Waals surface area contributed by atoms with Gasteiger partial charge in [0.05, 0.1) is 12.5 Å². The van der Waals surface area contributed by atoms with Crippen LogP contribution in [0.15, 0.2) is 41.3 Å². The van der Waals surface area contributed by atoms with E-state index in [0.29, 0.717) is 23.1 Å². The predicted molar refractivity (Wildman–Crippen MR) is 171 cm³/mol. The van der Waals surface area contributed by atoms with Crippen LogP contribution in [0.2, 0.25) is 0 Å². The molecular weight excluding hydrogens is 591 g/mol. The first-order valence-corrected chi connectivity index (χ1v) is 14.2. The van der Waals surface area contributed by atoms with Gasteiger partial charge in [-0.3, -0.25) is 14.4 Å². The van der Waals surface area contributed by atoms with E-state index in [2.05, 4.69) is 5.32 Å². The second-order valence-electron chi connectivity index (χ2n) is 11.9. The van der Waals surface area contributed by atoms with Crippen LogP contribution in [0.4, 0.5) is 13.2 Å². The third kappa shape index (κ3) is 8.98. The molecule has 0 aliphatic heterocycles. The molecule has 0 saturated carbocycles. The number of carbonyl (C=O) groups is 2. The molecule has 0 aliphatic rings.